The second-order valence-corrected chi connectivity index (χ2v) is 6.87. The van der Waals surface area contributed by atoms with Crippen molar-refractivity contribution >= 4 is 43.0 Å². The van der Waals surface area contributed by atoms with E-state index in [1.165, 1.54) is 29.5 Å². The number of fused-ring (bicyclic) bond motifs is 1. The van der Waals surface area contributed by atoms with Crippen molar-refractivity contribution in [3.8, 4) is 0 Å². The van der Waals surface area contributed by atoms with Crippen LogP contribution in [-0.4, -0.2) is 18.3 Å². The average Bonchev–Trinajstić information content (AvgIpc) is 2.96. The van der Waals surface area contributed by atoms with E-state index in [-0.39, 0.29) is 10.6 Å². The van der Waals surface area contributed by atoms with Gasteiger partial charge in [0.1, 0.15) is 5.52 Å². The highest BCUT2D eigenvalue weighted by atomic mass is 32.2. The number of aromatic nitrogens is 1. The molecule has 0 spiro atoms. The molecule has 0 fully saturated rings. The first kappa shape index (κ1) is 14.4. The molecule has 112 valence electrons. The summed E-state index contributed by atoms with van der Waals surface area (Å²) in [6.45, 7) is 0. The highest BCUT2D eigenvalue weighted by molar-refractivity contribution is 7.92. The maximum Gasteiger partial charge on any atom is 0.289 e. The minimum absolute atomic E-state index is 0.289. The van der Waals surface area contributed by atoms with Crippen LogP contribution in [0.15, 0.2) is 52.9 Å². The maximum atomic E-state index is 12.5. The number of nitrogens with one attached hydrogen (secondary N) is 1. The van der Waals surface area contributed by atoms with Gasteiger partial charge in [-0.25, -0.2) is 13.4 Å². The number of anilines is 1. The Morgan fingerprint density at radius 3 is 2.68 bits per heavy atom. The summed E-state index contributed by atoms with van der Waals surface area (Å²) in [7, 11) is -4.09. The molecule has 0 saturated carbocycles. The molecule has 0 bridgehead atoms. The lowest BCUT2D eigenvalue weighted by Crippen LogP contribution is -2.14. The van der Waals surface area contributed by atoms with E-state index in [1.807, 2.05) is 6.07 Å². The fraction of sp³-hybridized carbons (Fsp3) is 0. The lowest BCUT2D eigenvalue weighted by molar-refractivity contribution is -0.387. The van der Waals surface area contributed by atoms with Crippen molar-refractivity contribution in [2.75, 3.05) is 4.72 Å². The van der Waals surface area contributed by atoms with Crippen molar-refractivity contribution < 1.29 is 13.3 Å². The first-order valence-corrected chi connectivity index (χ1v) is 8.44. The van der Waals surface area contributed by atoms with Crippen molar-refractivity contribution in [3.05, 3.63) is 58.1 Å². The van der Waals surface area contributed by atoms with Crippen LogP contribution in [0.3, 0.4) is 0 Å². The first-order valence-electron chi connectivity index (χ1n) is 6.07. The van der Waals surface area contributed by atoms with Gasteiger partial charge in [0.25, 0.3) is 15.7 Å². The third-order valence-corrected chi connectivity index (χ3v) is 5.16. The molecule has 3 aromatic rings. The topological polar surface area (TPSA) is 102 Å². The van der Waals surface area contributed by atoms with Crippen molar-refractivity contribution in [2.24, 2.45) is 0 Å². The van der Waals surface area contributed by atoms with Gasteiger partial charge in [0, 0.05) is 6.07 Å². The molecule has 0 atom stereocenters. The van der Waals surface area contributed by atoms with Gasteiger partial charge < -0.3 is 0 Å². The van der Waals surface area contributed by atoms with Crippen LogP contribution in [0.1, 0.15) is 0 Å². The molecule has 2 aromatic carbocycles. The summed E-state index contributed by atoms with van der Waals surface area (Å²) in [6, 6.07) is 10.3. The van der Waals surface area contributed by atoms with Crippen LogP contribution in [0.2, 0.25) is 0 Å². The molecular weight excluding hydrogens is 326 g/mol. The van der Waals surface area contributed by atoms with Gasteiger partial charge in [-0.05, 0) is 18.2 Å². The summed E-state index contributed by atoms with van der Waals surface area (Å²) in [5.41, 5.74) is 1.93. The molecule has 0 aliphatic rings. The average molecular weight is 335 g/mol. The molecule has 0 amide bonds. The largest absolute Gasteiger partial charge is 0.289 e. The number of para-hydroxylation sites is 2. The third-order valence-electron chi connectivity index (χ3n) is 2.96. The van der Waals surface area contributed by atoms with Gasteiger partial charge in [-0.2, -0.15) is 0 Å². The Morgan fingerprint density at radius 1 is 1.14 bits per heavy atom. The zero-order valence-corrected chi connectivity index (χ0v) is 12.6. The number of nitro benzene ring substituents is 1. The Kier molecular flexibility index (Phi) is 3.51. The zero-order chi connectivity index (χ0) is 15.7. The zero-order valence-electron chi connectivity index (χ0n) is 11.0. The predicted molar refractivity (Wildman–Crippen MR) is 83.5 cm³/mol. The van der Waals surface area contributed by atoms with Gasteiger partial charge in [-0.15, -0.1) is 11.3 Å². The van der Waals surface area contributed by atoms with Crippen molar-refractivity contribution in [3.63, 3.8) is 0 Å². The summed E-state index contributed by atoms with van der Waals surface area (Å²) in [5.74, 6) is 0. The Labute approximate surface area is 129 Å². The Hall–Kier alpha value is -2.52. The van der Waals surface area contributed by atoms with E-state index in [4.69, 9.17) is 0 Å². The van der Waals surface area contributed by atoms with E-state index < -0.39 is 20.6 Å². The molecule has 1 aromatic heterocycles. The number of thiazole rings is 1. The Balaban J connectivity index is 2.08. The number of benzene rings is 2. The number of nitrogens with zero attached hydrogens (tertiary/aromatic N) is 2. The van der Waals surface area contributed by atoms with Crippen LogP contribution >= 0.6 is 11.3 Å². The summed E-state index contributed by atoms with van der Waals surface area (Å²) in [5, 5.41) is 11.0. The lowest BCUT2D eigenvalue weighted by atomic mass is 10.3. The van der Waals surface area contributed by atoms with E-state index in [2.05, 4.69) is 9.71 Å². The molecule has 9 heteroatoms. The van der Waals surface area contributed by atoms with E-state index in [9.17, 15) is 18.5 Å². The molecule has 0 aliphatic carbocycles. The van der Waals surface area contributed by atoms with Gasteiger partial charge in [0.05, 0.1) is 20.8 Å². The molecule has 0 aliphatic heterocycles. The van der Waals surface area contributed by atoms with Crippen LogP contribution in [0.4, 0.5) is 11.4 Å². The smallest absolute Gasteiger partial charge is 0.277 e. The second-order valence-electron chi connectivity index (χ2n) is 4.34. The highest BCUT2D eigenvalue weighted by Crippen LogP contribution is 2.29. The number of sulfonamides is 1. The van der Waals surface area contributed by atoms with Crippen molar-refractivity contribution in [1.29, 1.82) is 0 Å². The summed E-state index contributed by atoms with van der Waals surface area (Å²) < 4.78 is 28.1. The highest BCUT2D eigenvalue weighted by Gasteiger charge is 2.25. The van der Waals surface area contributed by atoms with Crippen molar-refractivity contribution in [2.45, 2.75) is 4.90 Å². The second kappa shape index (κ2) is 5.35. The SMILES string of the molecule is O=[N+]([O-])c1ccccc1S(=O)(=O)Nc1cccc2scnc12. The number of nitro groups is 1. The fourth-order valence-electron chi connectivity index (χ4n) is 2.00. The minimum Gasteiger partial charge on any atom is -0.277 e. The number of hydrogen-bond donors (Lipinski definition) is 1. The maximum absolute atomic E-state index is 12.5. The molecule has 3 rings (SSSR count). The fourth-order valence-corrected chi connectivity index (χ4v) is 3.95. The minimum atomic E-state index is -4.09. The van der Waals surface area contributed by atoms with Gasteiger partial charge in [-0.3, -0.25) is 14.8 Å². The van der Waals surface area contributed by atoms with Gasteiger partial charge >= 0.3 is 0 Å². The van der Waals surface area contributed by atoms with Crippen LogP contribution in [0, 0.1) is 10.1 Å². The normalized spacial score (nSPS) is 11.5. The Morgan fingerprint density at radius 2 is 1.91 bits per heavy atom. The molecule has 1 N–H and O–H groups in total. The van der Waals surface area contributed by atoms with Crippen molar-refractivity contribution in [1.82, 2.24) is 4.98 Å². The van der Waals surface area contributed by atoms with E-state index >= 15 is 0 Å². The van der Waals surface area contributed by atoms with Crippen LogP contribution < -0.4 is 4.72 Å². The molecule has 0 saturated heterocycles. The van der Waals surface area contributed by atoms with E-state index in [1.54, 1.807) is 17.6 Å². The van der Waals surface area contributed by atoms with Crippen LogP contribution in [-0.2, 0) is 10.0 Å². The molecule has 1 heterocycles. The van der Waals surface area contributed by atoms with Crippen LogP contribution in [0.5, 0.6) is 0 Å². The van der Waals surface area contributed by atoms with Gasteiger partial charge in [0.15, 0.2) is 4.90 Å². The molecule has 0 radical (unpaired) electrons. The summed E-state index contributed by atoms with van der Waals surface area (Å²) in [4.78, 5) is 14.0. The molecule has 22 heavy (non-hydrogen) atoms. The summed E-state index contributed by atoms with van der Waals surface area (Å²) >= 11 is 1.38. The first-order chi connectivity index (χ1) is 10.5. The standard InChI is InChI=1S/C13H9N3O4S2/c17-16(18)10-5-1-2-7-12(10)22(19,20)15-9-4-3-6-11-13(9)14-8-21-11/h1-8,15H. The Bertz CT molecular complexity index is 966. The van der Waals surface area contributed by atoms with Gasteiger partial charge in [0.2, 0.25) is 0 Å². The van der Waals surface area contributed by atoms with E-state index in [0.717, 1.165) is 10.8 Å². The molecular formula is C13H9N3O4S2. The lowest BCUT2D eigenvalue weighted by Gasteiger charge is -2.08. The van der Waals surface area contributed by atoms with Crippen LogP contribution in [0.25, 0.3) is 10.2 Å². The number of hydrogen-bond acceptors (Lipinski definition) is 6. The molecule has 7 nitrogen and oxygen atoms in total. The quantitative estimate of drug-likeness (QED) is 0.583. The monoisotopic (exact) mass is 335 g/mol. The summed E-state index contributed by atoms with van der Waals surface area (Å²) in [6.07, 6.45) is 0. The predicted octanol–water partition coefficient (Wildman–Crippen LogP) is 3.01. The molecule has 0 unspecified atom stereocenters. The van der Waals surface area contributed by atoms with Gasteiger partial charge in [-0.1, -0.05) is 18.2 Å². The third kappa shape index (κ3) is 2.51. The number of rotatable bonds is 4. The van der Waals surface area contributed by atoms with E-state index in [0.29, 0.717) is 5.52 Å².